The first-order valence-corrected chi connectivity index (χ1v) is 10.9. The number of phenols is 1. The molecule has 1 N–H and O–H groups in total. The van der Waals surface area contributed by atoms with Gasteiger partial charge in [0.25, 0.3) is 0 Å². The maximum Gasteiger partial charge on any atom is 0.161 e. The summed E-state index contributed by atoms with van der Waals surface area (Å²) in [5.41, 5.74) is 2.05. The topological polar surface area (TPSA) is 80.0 Å². The molecule has 1 unspecified atom stereocenters. The molecule has 2 aromatic heterocycles. The van der Waals surface area contributed by atoms with Gasteiger partial charge >= 0.3 is 0 Å². The minimum absolute atomic E-state index is 0.0280. The van der Waals surface area contributed by atoms with Crippen molar-refractivity contribution in [2.24, 2.45) is 5.41 Å². The van der Waals surface area contributed by atoms with E-state index in [0.29, 0.717) is 28.3 Å². The molecule has 1 aliphatic carbocycles. The van der Waals surface area contributed by atoms with Gasteiger partial charge in [-0.2, -0.15) is 5.10 Å². The second kappa shape index (κ2) is 8.00. The Morgan fingerprint density at radius 3 is 2.65 bits per heavy atom. The third-order valence-corrected chi connectivity index (χ3v) is 7.00. The normalized spacial score (nSPS) is 21.4. The van der Waals surface area contributed by atoms with Crippen LogP contribution in [0.4, 0.5) is 4.39 Å². The molecule has 2 fully saturated rings. The minimum atomic E-state index is -0.432. The second-order valence-corrected chi connectivity index (χ2v) is 9.10. The van der Waals surface area contributed by atoms with Gasteiger partial charge in [0.15, 0.2) is 11.6 Å². The summed E-state index contributed by atoms with van der Waals surface area (Å²) >= 11 is 0. The number of benzene rings is 1. The molecule has 3 aromatic rings. The van der Waals surface area contributed by atoms with Gasteiger partial charge in [-0.05, 0) is 69.8 Å². The smallest absolute Gasteiger partial charge is 0.161 e. The van der Waals surface area contributed by atoms with Gasteiger partial charge in [-0.15, -0.1) is 10.2 Å². The van der Waals surface area contributed by atoms with Gasteiger partial charge < -0.3 is 10.0 Å². The Morgan fingerprint density at radius 2 is 1.97 bits per heavy atom. The molecule has 162 valence electrons. The lowest BCUT2D eigenvalue weighted by Gasteiger charge is -2.45. The van der Waals surface area contributed by atoms with Crippen molar-refractivity contribution in [1.82, 2.24) is 29.9 Å². The van der Waals surface area contributed by atoms with Crippen molar-refractivity contribution in [3.05, 3.63) is 48.4 Å². The number of hydrogen-bond donors (Lipinski definition) is 1. The maximum atomic E-state index is 13.2. The molecule has 0 bridgehead atoms. The Labute approximate surface area is 181 Å². The number of halogens is 1. The number of rotatable bonds is 3. The SMILES string of the molecule is CN1CCC2(CCCC(c3ncc(-c4ccc(-n5cc(F)cn5)cc4O)nn3)C2)CC1. The van der Waals surface area contributed by atoms with Crippen LogP contribution >= 0.6 is 0 Å². The van der Waals surface area contributed by atoms with Gasteiger partial charge in [-0.1, -0.05) is 6.42 Å². The fourth-order valence-corrected chi connectivity index (χ4v) is 5.13. The van der Waals surface area contributed by atoms with Crippen molar-refractivity contribution in [2.45, 2.75) is 44.4 Å². The zero-order valence-electron chi connectivity index (χ0n) is 17.7. The molecule has 1 spiro atoms. The van der Waals surface area contributed by atoms with Crippen LogP contribution in [0.5, 0.6) is 5.75 Å². The van der Waals surface area contributed by atoms with Crippen LogP contribution in [0.1, 0.15) is 50.3 Å². The Hall–Kier alpha value is -2.87. The molecule has 1 aliphatic heterocycles. The van der Waals surface area contributed by atoms with Gasteiger partial charge in [0.05, 0.1) is 24.3 Å². The van der Waals surface area contributed by atoms with Crippen molar-refractivity contribution in [2.75, 3.05) is 20.1 Å². The maximum absolute atomic E-state index is 13.2. The number of phenolic OH excluding ortho intramolecular Hbond substituents is 1. The summed E-state index contributed by atoms with van der Waals surface area (Å²) in [5, 5.41) is 23.2. The van der Waals surface area contributed by atoms with Crippen molar-refractivity contribution in [3.8, 4) is 22.7 Å². The van der Waals surface area contributed by atoms with Gasteiger partial charge in [-0.3, -0.25) is 0 Å². The summed E-state index contributed by atoms with van der Waals surface area (Å²) in [5.74, 6) is 0.758. The molecule has 31 heavy (non-hydrogen) atoms. The lowest BCUT2D eigenvalue weighted by molar-refractivity contribution is 0.0696. The third-order valence-electron chi connectivity index (χ3n) is 7.00. The molecule has 8 heteroatoms. The lowest BCUT2D eigenvalue weighted by Crippen LogP contribution is -2.40. The highest BCUT2D eigenvalue weighted by Gasteiger charge is 2.39. The molecule has 5 rings (SSSR count). The Kier molecular flexibility index (Phi) is 5.17. The fourth-order valence-electron chi connectivity index (χ4n) is 5.13. The van der Waals surface area contributed by atoms with Gasteiger partial charge in [0, 0.05) is 17.5 Å². The van der Waals surface area contributed by atoms with Crippen LogP contribution < -0.4 is 0 Å². The quantitative estimate of drug-likeness (QED) is 0.689. The summed E-state index contributed by atoms with van der Waals surface area (Å²) in [6, 6.07) is 5.01. The Balaban J connectivity index is 1.33. The summed E-state index contributed by atoms with van der Waals surface area (Å²) < 4.78 is 14.6. The minimum Gasteiger partial charge on any atom is -0.507 e. The highest BCUT2D eigenvalue weighted by Crippen LogP contribution is 2.49. The summed E-state index contributed by atoms with van der Waals surface area (Å²) in [7, 11) is 2.20. The van der Waals surface area contributed by atoms with E-state index in [1.54, 1.807) is 18.3 Å². The summed E-state index contributed by atoms with van der Waals surface area (Å²) in [4.78, 5) is 7.05. The number of aromatic hydroxyl groups is 1. The van der Waals surface area contributed by atoms with Gasteiger partial charge in [0.2, 0.25) is 0 Å². The van der Waals surface area contributed by atoms with Crippen LogP contribution in [0.25, 0.3) is 16.9 Å². The molecule has 3 heterocycles. The van der Waals surface area contributed by atoms with Crippen LogP contribution in [0, 0.1) is 11.2 Å². The molecule has 1 aromatic carbocycles. The molecule has 2 aliphatic rings. The van der Waals surface area contributed by atoms with E-state index in [4.69, 9.17) is 0 Å². The predicted octanol–water partition coefficient (Wildman–Crippen LogP) is 3.94. The fraction of sp³-hybridized carbons (Fsp3) is 0.478. The second-order valence-electron chi connectivity index (χ2n) is 9.10. The molecular formula is C23H27FN6O. The summed E-state index contributed by atoms with van der Waals surface area (Å²) in [6.07, 6.45) is 11.4. The van der Waals surface area contributed by atoms with Crippen molar-refractivity contribution in [1.29, 1.82) is 0 Å². The first kappa shape index (κ1) is 20.1. The van der Waals surface area contributed by atoms with Crippen LogP contribution in [-0.2, 0) is 0 Å². The predicted molar refractivity (Wildman–Crippen MR) is 114 cm³/mol. The van der Waals surface area contributed by atoms with Gasteiger partial charge in [0.1, 0.15) is 11.4 Å². The van der Waals surface area contributed by atoms with Crippen molar-refractivity contribution >= 4 is 0 Å². The average Bonchev–Trinajstić information content (AvgIpc) is 3.23. The first-order chi connectivity index (χ1) is 15.0. The molecule has 0 amide bonds. The average molecular weight is 423 g/mol. The van der Waals surface area contributed by atoms with Crippen LogP contribution in [0.15, 0.2) is 36.8 Å². The molecule has 1 atom stereocenters. The molecule has 7 nitrogen and oxygen atoms in total. The standard InChI is InChI=1S/C23H27FN6O/c1-29-9-7-23(8-10-29)6-2-3-16(12-23)22-25-14-20(27-28-22)19-5-4-18(11-21(19)31)30-15-17(24)13-26-30/h4-5,11,13-16,31H,2-3,6-10,12H2,1H3. The van der Waals surface area contributed by atoms with Crippen LogP contribution in [0.3, 0.4) is 0 Å². The van der Waals surface area contributed by atoms with Crippen LogP contribution in [-0.4, -0.2) is 55.1 Å². The Bertz CT molecular complexity index is 1060. The number of likely N-dealkylation sites (tertiary alicyclic amines) is 1. The molecule has 0 radical (unpaired) electrons. The molecular weight excluding hydrogens is 395 g/mol. The monoisotopic (exact) mass is 422 g/mol. The van der Waals surface area contributed by atoms with E-state index in [1.165, 1.54) is 55.7 Å². The zero-order chi connectivity index (χ0) is 21.4. The van der Waals surface area contributed by atoms with Crippen molar-refractivity contribution in [3.63, 3.8) is 0 Å². The van der Waals surface area contributed by atoms with Gasteiger partial charge in [-0.25, -0.2) is 14.1 Å². The van der Waals surface area contributed by atoms with E-state index in [0.717, 1.165) is 24.9 Å². The number of piperidine rings is 1. The molecule has 1 saturated heterocycles. The number of nitrogens with zero attached hydrogens (tertiary/aromatic N) is 6. The van der Waals surface area contributed by atoms with E-state index in [1.807, 2.05) is 0 Å². The highest BCUT2D eigenvalue weighted by molar-refractivity contribution is 5.67. The van der Waals surface area contributed by atoms with E-state index in [2.05, 4.69) is 32.2 Å². The molecule has 1 saturated carbocycles. The van der Waals surface area contributed by atoms with E-state index in [-0.39, 0.29) is 5.75 Å². The number of aromatic nitrogens is 5. The first-order valence-electron chi connectivity index (χ1n) is 10.9. The van der Waals surface area contributed by atoms with E-state index < -0.39 is 5.82 Å². The van der Waals surface area contributed by atoms with Crippen molar-refractivity contribution < 1.29 is 9.50 Å². The van der Waals surface area contributed by atoms with Crippen LogP contribution in [0.2, 0.25) is 0 Å². The van der Waals surface area contributed by atoms with E-state index in [9.17, 15) is 9.50 Å². The largest absolute Gasteiger partial charge is 0.507 e. The Morgan fingerprint density at radius 1 is 1.13 bits per heavy atom. The zero-order valence-corrected chi connectivity index (χ0v) is 17.7. The summed E-state index contributed by atoms with van der Waals surface area (Å²) in [6.45, 7) is 2.34. The lowest BCUT2D eigenvalue weighted by atomic mass is 9.64. The number of hydrogen-bond acceptors (Lipinski definition) is 6. The third kappa shape index (κ3) is 4.04. The van der Waals surface area contributed by atoms with E-state index >= 15 is 0 Å². The highest BCUT2D eigenvalue weighted by atomic mass is 19.1.